The van der Waals surface area contributed by atoms with Gasteiger partial charge in [0.15, 0.2) is 0 Å². The minimum atomic E-state index is 0.542. The molecule has 0 aliphatic carbocycles. The van der Waals surface area contributed by atoms with E-state index in [2.05, 4.69) is 28.7 Å². The summed E-state index contributed by atoms with van der Waals surface area (Å²) in [6.07, 6.45) is 0. The van der Waals surface area contributed by atoms with Gasteiger partial charge in [0.05, 0.1) is 11.1 Å². The van der Waals surface area contributed by atoms with Crippen molar-refractivity contribution in [2.75, 3.05) is 0 Å². The Morgan fingerprint density at radius 2 is 2.14 bits per heavy atom. The van der Waals surface area contributed by atoms with Crippen LogP contribution < -0.4 is 0 Å². The number of aryl methyl sites for hydroxylation is 1. The van der Waals surface area contributed by atoms with Crippen molar-refractivity contribution in [3.8, 4) is 6.07 Å². The molecule has 0 radical (unpaired) electrons. The number of hydrogen-bond acceptors (Lipinski definition) is 1. The third-order valence-electron chi connectivity index (χ3n) is 1.93. The zero-order valence-electron chi connectivity index (χ0n) is 7.94. The van der Waals surface area contributed by atoms with Gasteiger partial charge in [-0.05, 0) is 42.0 Å². The third-order valence-corrected chi connectivity index (χ3v) is 3.84. The Kier molecular flexibility index (Phi) is 3.97. The summed E-state index contributed by atoms with van der Waals surface area (Å²) in [5, 5.41) is 9.27. The van der Waals surface area contributed by atoms with E-state index in [0.29, 0.717) is 10.6 Å². The lowest BCUT2D eigenvalue weighted by Gasteiger charge is -2.06. The van der Waals surface area contributed by atoms with Gasteiger partial charge in [-0.15, -0.1) is 0 Å². The Balaban J connectivity index is 3.36. The molecule has 0 fully saturated rings. The molecule has 0 bridgehead atoms. The molecule has 0 unspecified atom stereocenters. The van der Waals surface area contributed by atoms with Gasteiger partial charge >= 0.3 is 0 Å². The van der Waals surface area contributed by atoms with E-state index in [4.69, 9.17) is 16.9 Å². The molecular weight excluding hydrogens is 308 g/mol. The van der Waals surface area contributed by atoms with Crippen LogP contribution in [-0.4, -0.2) is 0 Å². The second-order valence-corrected chi connectivity index (χ2v) is 4.44. The summed E-state index contributed by atoms with van der Waals surface area (Å²) in [7, 11) is 0. The first kappa shape index (κ1) is 11.5. The van der Waals surface area contributed by atoms with Crippen LogP contribution >= 0.6 is 34.2 Å². The number of nitrogens with zero attached hydrogens (tertiary/aromatic N) is 1. The molecule has 0 atom stereocenters. The van der Waals surface area contributed by atoms with Crippen molar-refractivity contribution in [1.29, 1.82) is 5.26 Å². The quantitative estimate of drug-likeness (QED) is 0.565. The highest BCUT2D eigenvalue weighted by Crippen LogP contribution is 2.28. The van der Waals surface area contributed by atoms with Gasteiger partial charge in [-0.2, -0.15) is 5.26 Å². The number of nitriles is 1. The van der Waals surface area contributed by atoms with E-state index in [1.165, 1.54) is 5.56 Å². The molecule has 0 heterocycles. The Morgan fingerprint density at radius 3 is 2.71 bits per heavy atom. The van der Waals surface area contributed by atoms with Crippen molar-refractivity contribution >= 4 is 39.2 Å². The summed E-state index contributed by atoms with van der Waals surface area (Å²) in [4.78, 5) is 0. The standard InChI is InChI=1S/C11H9ClIN/c1-7-4-3-5-9(11(7)13)10(12)8(2)6-14/h3-5H,1-2H3/b10-8-. The van der Waals surface area contributed by atoms with Gasteiger partial charge in [0.25, 0.3) is 0 Å². The fourth-order valence-electron chi connectivity index (χ4n) is 1.07. The molecule has 3 heteroatoms. The maximum Gasteiger partial charge on any atom is 0.0959 e. The fraction of sp³-hybridized carbons (Fsp3) is 0.182. The first-order chi connectivity index (χ1) is 6.57. The Bertz CT molecular complexity index is 429. The number of hydrogen-bond donors (Lipinski definition) is 0. The molecule has 1 rings (SSSR count). The molecule has 0 amide bonds. The van der Waals surface area contributed by atoms with E-state index in [0.717, 1.165) is 9.13 Å². The summed E-state index contributed by atoms with van der Waals surface area (Å²) < 4.78 is 1.10. The minimum absolute atomic E-state index is 0.542. The van der Waals surface area contributed by atoms with Gasteiger partial charge in [-0.1, -0.05) is 29.8 Å². The van der Waals surface area contributed by atoms with Gasteiger partial charge in [0, 0.05) is 14.7 Å². The molecule has 0 saturated heterocycles. The second-order valence-electron chi connectivity index (χ2n) is 2.99. The van der Waals surface area contributed by atoms with Gasteiger partial charge in [0.1, 0.15) is 0 Å². The topological polar surface area (TPSA) is 23.8 Å². The van der Waals surface area contributed by atoms with Crippen molar-refractivity contribution in [1.82, 2.24) is 0 Å². The zero-order chi connectivity index (χ0) is 10.7. The van der Waals surface area contributed by atoms with Crippen LogP contribution in [0.5, 0.6) is 0 Å². The van der Waals surface area contributed by atoms with E-state index in [-0.39, 0.29) is 0 Å². The summed E-state index contributed by atoms with van der Waals surface area (Å²) in [6.45, 7) is 3.75. The van der Waals surface area contributed by atoms with E-state index in [9.17, 15) is 0 Å². The number of halogens is 2. The summed E-state index contributed by atoms with van der Waals surface area (Å²) in [5.41, 5.74) is 2.66. The molecule has 14 heavy (non-hydrogen) atoms. The molecular formula is C11H9ClIN. The lowest BCUT2D eigenvalue weighted by Crippen LogP contribution is -1.89. The molecule has 0 aromatic heterocycles. The average molecular weight is 318 g/mol. The molecule has 0 aliphatic rings. The Labute approximate surface area is 103 Å². The number of rotatable bonds is 1. The highest BCUT2D eigenvalue weighted by Gasteiger charge is 2.08. The molecule has 0 aliphatic heterocycles. The normalized spacial score (nSPS) is 11.9. The lowest BCUT2D eigenvalue weighted by molar-refractivity contribution is 1.39. The van der Waals surface area contributed by atoms with Crippen LogP contribution in [0.15, 0.2) is 23.8 Å². The van der Waals surface area contributed by atoms with E-state index in [1.54, 1.807) is 6.92 Å². The highest BCUT2D eigenvalue weighted by atomic mass is 127. The largest absolute Gasteiger partial charge is 0.193 e. The van der Waals surface area contributed by atoms with Gasteiger partial charge in [-0.3, -0.25) is 0 Å². The third kappa shape index (κ3) is 2.28. The van der Waals surface area contributed by atoms with Gasteiger partial charge in [0.2, 0.25) is 0 Å². The molecule has 1 nitrogen and oxygen atoms in total. The molecule has 0 N–H and O–H groups in total. The fourth-order valence-corrected chi connectivity index (χ4v) is 2.06. The second kappa shape index (κ2) is 4.81. The molecule has 1 aromatic rings. The van der Waals surface area contributed by atoms with Crippen LogP contribution in [0.25, 0.3) is 5.03 Å². The summed E-state index contributed by atoms with van der Waals surface area (Å²) in [5.74, 6) is 0. The predicted octanol–water partition coefficient (Wildman–Crippen LogP) is 4.09. The molecule has 0 saturated carbocycles. The van der Waals surface area contributed by atoms with Crippen LogP contribution in [-0.2, 0) is 0 Å². The van der Waals surface area contributed by atoms with Gasteiger partial charge in [-0.25, -0.2) is 0 Å². The van der Waals surface area contributed by atoms with Gasteiger partial charge < -0.3 is 0 Å². The van der Waals surface area contributed by atoms with Crippen molar-refractivity contribution in [3.05, 3.63) is 38.5 Å². The minimum Gasteiger partial charge on any atom is -0.193 e. The molecule has 1 aromatic carbocycles. The number of allylic oxidation sites excluding steroid dienone is 1. The average Bonchev–Trinajstić information content (AvgIpc) is 2.20. The Hall–Kier alpha value is -0.530. The van der Waals surface area contributed by atoms with Crippen LogP contribution in [0.1, 0.15) is 18.1 Å². The monoisotopic (exact) mass is 317 g/mol. The predicted molar refractivity (Wildman–Crippen MR) is 68.0 cm³/mol. The highest BCUT2D eigenvalue weighted by molar-refractivity contribution is 14.1. The van der Waals surface area contributed by atoms with E-state index >= 15 is 0 Å². The van der Waals surface area contributed by atoms with Crippen molar-refractivity contribution < 1.29 is 0 Å². The van der Waals surface area contributed by atoms with Crippen molar-refractivity contribution in [2.45, 2.75) is 13.8 Å². The molecule has 0 spiro atoms. The van der Waals surface area contributed by atoms with Crippen molar-refractivity contribution in [3.63, 3.8) is 0 Å². The van der Waals surface area contributed by atoms with Crippen LogP contribution in [0.3, 0.4) is 0 Å². The summed E-state index contributed by atoms with van der Waals surface area (Å²) >= 11 is 8.33. The van der Waals surface area contributed by atoms with E-state index < -0.39 is 0 Å². The smallest absolute Gasteiger partial charge is 0.0959 e. The Morgan fingerprint density at radius 1 is 1.50 bits per heavy atom. The first-order valence-electron chi connectivity index (χ1n) is 4.10. The van der Waals surface area contributed by atoms with E-state index in [1.807, 2.05) is 25.1 Å². The maximum atomic E-state index is 8.73. The number of benzene rings is 1. The van der Waals surface area contributed by atoms with Crippen molar-refractivity contribution in [2.24, 2.45) is 0 Å². The zero-order valence-corrected chi connectivity index (χ0v) is 10.8. The van der Waals surface area contributed by atoms with Crippen LogP contribution in [0.4, 0.5) is 0 Å². The first-order valence-corrected chi connectivity index (χ1v) is 5.55. The lowest BCUT2D eigenvalue weighted by atomic mass is 10.1. The maximum absolute atomic E-state index is 8.73. The van der Waals surface area contributed by atoms with Crippen LogP contribution in [0.2, 0.25) is 0 Å². The SMILES string of the molecule is C/C(C#N)=C(/Cl)c1cccc(C)c1I. The van der Waals surface area contributed by atoms with Crippen LogP contribution in [0, 0.1) is 21.8 Å². The summed E-state index contributed by atoms with van der Waals surface area (Å²) in [6, 6.07) is 7.95. The molecule has 72 valence electrons.